The topological polar surface area (TPSA) is 83.6 Å². The average molecular weight is 736 g/mol. The number of nitrogens with zero attached hydrogens (tertiary/aromatic N) is 3. The Hall–Kier alpha value is -5.49. The van der Waals surface area contributed by atoms with Crippen LogP contribution in [0.4, 0.5) is 57.1 Å². The van der Waals surface area contributed by atoms with Gasteiger partial charge in [-0.2, -0.15) is 40.3 Å². The second-order valence-corrected chi connectivity index (χ2v) is 11.0. The van der Waals surface area contributed by atoms with Gasteiger partial charge in [-0.25, -0.2) is 22.0 Å². The van der Waals surface area contributed by atoms with E-state index in [-0.39, 0.29) is 47.8 Å². The van der Waals surface area contributed by atoms with Crippen molar-refractivity contribution in [3.8, 4) is 11.4 Å². The second-order valence-electron chi connectivity index (χ2n) is 11.0. The molecule has 2 N–H and O–H groups in total. The fourth-order valence-corrected chi connectivity index (χ4v) is 5.23. The van der Waals surface area contributed by atoms with Gasteiger partial charge in [0.1, 0.15) is 17.5 Å². The SMILES string of the molecule is O=C(NC(Cc1ccc(-c2nn[nH]n2)cc1)(c1cc(F)cc(C(F)(F)C(F)F)c1)c1ccc(F)c(C(F)(F)F)c1)c1ccc(F)c(C(F)(F)F)c1. The van der Waals surface area contributed by atoms with Gasteiger partial charge in [-0.3, -0.25) is 4.79 Å². The highest BCUT2D eigenvalue weighted by molar-refractivity contribution is 5.95. The van der Waals surface area contributed by atoms with Gasteiger partial charge in [0.25, 0.3) is 5.91 Å². The summed E-state index contributed by atoms with van der Waals surface area (Å²) >= 11 is 0. The molecular formula is C32H18F13N5O. The molecule has 0 aliphatic heterocycles. The number of carbonyl (C=O) groups excluding carboxylic acids is 1. The maximum Gasteiger partial charge on any atom is 0.419 e. The average Bonchev–Trinajstić information content (AvgIpc) is 3.59. The number of aromatic amines is 1. The van der Waals surface area contributed by atoms with Crippen LogP contribution >= 0.6 is 0 Å². The number of H-pyrrole nitrogens is 1. The molecule has 0 spiro atoms. The molecule has 0 saturated carbocycles. The number of amides is 1. The Labute approximate surface area is 277 Å². The summed E-state index contributed by atoms with van der Waals surface area (Å²) < 4.78 is 183. The Bertz CT molecular complexity index is 2050. The zero-order chi connectivity index (χ0) is 37.5. The molecule has 0 bridgehead atoms. The molecular weight excluding hydrogens is 717 g/mol. The number of halogens is 13. The molecule has 19 heteroatoms. The Kier molecular flexibility index (Phi) is 9.61. The predicted octanol–water partition coefficient (Wildman–Crippen LogP) is 8.59. The maximum absolute atomic E-state index is 15.1. The van der Waals surface area contributed by atoms with Crippen LogP contribution in [-0.4, -0.2) is 33.0 Å². The smallest absolute Gasteiger partial charge is 0.338 e. The van der Waals surface area contributed by atoms with E-state index in [0.717, 1.165) is 0 Å². The molecule has 268 valence electrons. The van der Waals surface area contributed by atoms with Crippen molar-refractivity contribution in [2.45, 2.75) is 36.7 Å². The van der Waals surface area contributed by atoms with Crippen molar-refractivity contribution in [2.75, 3.05) is 0 Å². The van der Waals surface area contributed by atoms with Gasteiger partial charge in [0.15, 0.2) is 0 Å². The van der Waals surface area contributed by atoms with Crippen molar-refractivity contribution in [1.82, 2.24) is 25.9 Å². The Morgan fingerprint density at radius 2 is 1.29 bits per heavy atom. The number of tetrazole rings is 1. The molecule has 0 fully saturated rings. The molecule has 5 aromatic rings. The van der Waals surface area contributed by atoms with E-state index in [4.69, 9.17) is 0 Å². The zero-order valence-electron chi connectivity index (χ0n) is 25.0. The first-order valence-corrected chi connectivity index (χ1v) is 14.1. The van der Waals surface area contributed by atoms with Crippen molar-refractivity contribution in [1.29, 1.82) is 0 Å². The van der Waals surface area contributed by atoms with Crippen LogP contribution in [0.25, 0.3) is 11.4 Å². The predicted molar refractivity (Wildman–Crippen MR) is 151 cm³/mol. The highest BCUT2D eigenvalue weighted by Gasteiger charge is 2.46. The summed E-state index contributed by atoms with van der Waals surface area (Å²) in [6.45, 7) is 0. The molecule has 1 aromatic heterocycles. The normalized spacial score (nSPS) is 13.7. The first kappa shape index (κ1) is 36.8. The molecule has 0 aliphatic carbocycles. The van der Waals surface area contributed by atoms with Gasteiger partial charge in [-0.1, -0.05) is 30.3 Å². The lowest BCUT2D eigenvalue weighted by molar-refractivity contribution is -0.140. The van der Waals surface area contributed by atoms with E-state index >= 15 is 4.39 Å². The Morgan fingerprint density at radius 1 is 0.706 bits per heavy atom. The van der Waals surface area contributed by atoms with Gasteiger partial charge >= 0.3 is 24.7 Å². The third kappa shape index (κ3) is 7.51. The fourth-order valence-electron chi connectivity index (χ4n) is 5.23. The number of alkyl halides is 10. The summed E-state index contributed by atoms with van der Waals surface area (Å²) in [5.41, 5.74) is -10.8. The van der Waals surface area contributed by atoms with E-state index in [1.54, 1.807) is 0 Å². The van der Waals surface area contributed by atoms with Crippen molar-refractivity contribution in [3.63, 3.8) is 0 Å². The molecule has 1 atom stereocenters. The number of benzene rings is 4. The lowest BCUT2D eigenvalue weighted by atomic mass is 9.76. The minimum absolute atomic E-state index is 0.00180. The first-order chi connectivity index (χ1) is 23.7. The van der Waals surface area contributed by atoms with E-state index in [1.165, 1.54) is 24.3 Å². The van der Waals surface area contributed by atoms with Crippen LogP contribution < -0.4 is 5.32 Å². The van der Waals surface area contributed by atoms with E-state index in [9.17, 15) is 57.5 Å². The molecule has 0 aliphatic rings. The lowest BCUT2D eigenvalue weighted by Crippen LogP contribution is -2.49. The third-order valence-corrected chi connectivity index (χ3v) is 7.70. The monoisotopic (exact) mass is 735 g/mol. The molecule has 4 aromatic carbocycles. The van der Waals surface area contributed by atoms with Crippen molar-refractivity contribution in [3.05, 3.63) is 135 Å². The van der Waals surface area contributed by atoms with Gasteiger partial charge < -0.3 is 5.32 Å². The van der Waals surface area contributed by atoms with Crippen LogP contribution in [-0.2, 0) is 30.2 Å². The van der Waals surface area contributed by atoms with Crippen molar-refractivity contribution < 1.29 is 61.9 Å². The number of hydrogen-bond donors (Lipinski definition) is 2. The zero-order valence-corrected chi connectivity index (χ0v) is 25.0. The van der Waals surface area contributed by atoms with Crippen LogP contribution in [0.5, 0.6) is 0 Å². The molecule has 0 radical (unpaired) electrons. The van der Waals surface area contributed by atoms with Gasteiger partial charge in [-0.15, -0.1) is 10.2 Å². The van der Waals surface area contributed by atoms with Gasteiger partial charge in [0.2, 0.25) is 5.82 Å². The standard InChI is InChI=1S/C32H18F13N5O/c33-21-11-19(10-20(12-21)30(38,39)28(36)37)29(18-6-8-25(35)23(13-18)32(43,44)45,14-15-1-3-16(4-2-15)26-47-49-50-48-26)46-27(51)17-5-7-24(34)22(9-17)31(40,41)42/h1-13,28H,14H2,(H,46,51)(H,47,48,49,50). The summed E-state index contributed by atoms with van der Waals surface area (Å²) in [6.07, 6.45) is -16.1. The summed E-state index contributed by atoms with van der Waals surface area (Å²) in [5.74, 6) is -11.9. The van der Waals surface area contributed by atoms with Gasteiger partial charge in [-0.05, 0) is 70.4 Å². The number of carbonyl (C=O) groups is 1. The van der Waals surface area contributed by atoms with Crippen LogP contribution in [0.1, 0.15) is 43.7 Å². The van der Waals surface area contributed by atoms with Crippen LogP contribution in [0.3, 0.4) is 0 Å². The summed E-state index contributed by atoms with van der Waals surface area (Å²) in [5, 5.41) is 15.2. The van der Waals surface area contributed by atoms with Gasteiger partial charge in [0.05, 0.1) is 16.7 Å². The molecule has 5 rings (SSSR count). The van der Waals surface area contributed by atoms with Crippen LogP contribution in [0.15, 0.2) is 78.9 Å². The van der Waals surface area contributed by atoms with Gasteiger partial charge in [0, 0.05) is 23.1 Å². The summed E-state index contributed by atoms with van der Waals surface area (Å²) in [6, 6.07) is 7.73. The molecule has 1 heterocycles. The van der Waals surface area contributed by atoms with Crippen LogP contribution in [0.2, 0.25) is 0 Å². The Morgan fingerprint density at radius 3 is 1.86 bits per heavy atom. The minimum Gasteiger partial charge on any atom is -0.338 e. The fraction of sp³-hybridized carbons (Fsp3) is 0.188. The van der Waals surface area contributed by atoms with Crippen molar-refractivity contribution in [2.24, 2.45) is 0 Å². The summed E-state index contributed by atoms with van der Waals surface area (Å²) in [4.78, 5) is 13.7. The van der Waals surface area contributed by atoms with E-state index in [0.29, 0.717) is 23.8 Å². The molecule has 6 nitrogen and oxygen atoms in total. The second kappa shape index (κ2) is 13.3. The van der Waals surface area contributed by atoms with E-state index in [2.05, 4.69) is 25.9 Å². The lowest BCUT2D eigenvalue weighted by Gasteiger charge is -2.37. The molecule has 1 unspecified atom stereocenters. The summed E-state index contributed by atoms with van der Waals surface area (Å²) in [7, 11) is 0. The first-order valence-electron chi connectivity index (χ1n) is 14.1. The number of aromatic nitrogens is 4. The highest BCUT2D eigenvalue weighted by Crippen LogP contribution is 2.42. The third-order valence-electron chi connectivity index (χ3n) is 7.70. The molecule has 0 saturated heterocycles. The minimum atomic E-state index is -5.43. The van der Waals surface area contributed by atoms with E-state index < -0.39 is 93.4 Å². The Balaban J connectivity index is 1.81. The highest BCUT2D eigenvalue weighted by atomic mass is 19.4. The number of nitrogens with one attached hydrogen (secondary N) is 2. The largest absolute Gasteiger partial charge is 0.419 e. The number of hydrogen-bond acceptors (Lipinski definition) is 4. The molecule has 51 heavy (non-hydrogen) atoms. The molecule has 1 amide bonds. The maximum atomic E-state index is 15.1. The van der Waals surface area contributed by atoms with Crippen LogP contribution in [0, 0.1) is 17.5 Å². The quantitative estimate of drug-likeness (QED) is 0.149. The number of rotatable bonds is 9. The van der Waals surface area contributed by atoms with Crippen molar-refractivity contribution >= 4 is 5.91 Å². The van der Waals surface area contributed by atoms with E-state index in [1.807, 2.05) is 0 Å².